The van der Waals surface area contributed by atoms with E-state index in [9.17, 15) is 18.0 Å². The largest absolute Gasteiger partial charge is 0.339 e. The Labute approximate surface area is 177 Å². The molecule has 0 saturated heterocycles. The Morgan fingerprint density at radius 3 is 2.21 bits per heavy atom. The van der Waals surface area contributed by atoms with Gasteiger partial charge in [0.1, 0.15) is 6.04 Å². The third-order valence-electron chi connectivity index (χ3n) is 3.83. The van der Waals surface area contributed by atoms with Crippen molar-refractivity contribution in [2.45, 2.75) is 38.6 Å². The molecular formula is C19H23BrN2O4S2. The first-order valence-corrected chi connectivity index (χ1v) is 12.0. The summed E-state index contributed by atoms with van der Waals surface area (Å²) >= 11 is 4.70. The molecule has 28 heavy (non-hydrogen) atoms. The second-order valence-corrected chi connectivity index (χ2v) is 11.3. The Hall–Kier alpha value is -1.71. The SMILES string of the molecule is CC(C)(C)c1ccc(C(=O)N[C@@H](Cc2ccc(Br)cc2)C(=O)NS(C)(=O)=O)s1. The predicted molar refractivity (Wildman–Crippen MR) is 115 cm³/mol. The molecule has 152 valence electrons. The first-order valence-electron chi connectivity index (χ1n) is 8.52. The molecule has 0 saturated carbocycles. The van der Waals surface area contributed by atoms with Crippen molar-refractivity contribution in [2.75, 3.05) is 6.26 Å². The molecule has 1 heterocycles. The van der Waals surface area contributed by atoms with E-state index in [0.717, 1.165) is 21.2 Å². The number of sulfonamides is 1. The van der Waals surface area contributed by atoms with Crippen LogP contribution < -0.4 is 10.0 Å². The number of halogens is 1. The lowest BCUT2D eigenvalue weighted by molar-refractivity contribution is -0.121. The molecule has 2 amide bonds. The van der Waals surface area contributed by atoms with Crippen LogP contribution in [0.4, 0.5) is 0 Å². The zero-order chi connectivity index (χ0) is 21.1. The smallest absolute Gasteiger partial charge is 0.262 e. The topological polar surface area (TPSA) is 92.3 Å². The number of amides is 2. The van der Waals surface area contributed by atoms with Crippen LogP contribution in [0.15, 0.2) is 40.9 Å². The van der Waals surface area contributed by atoms with Crippen molar-refractivity contribution in [3.05, 3.63) is 56.2 Å². The summed E-state index contributed by atoms with van der Waals surface area (Å²) in [7, 11) is -3.74. The fourth-order valence-corrected chi connectivity index (χ4v) is 4.15. The molecule has 0 unspecified atom stereocenters. The third kappa shape index (κ3) is 6.72. The van der Waals surface area contributed by atoms with Gasteiger partial charge in [0.05, 0.1) is 11.1 Å². The number of carbonyl (C=O) groups is 2. The first kappa shape index (κ1) is 22.6. The molecule has 2 rings (SSSR count). The van der Waals surface area contributed by atoms with Crippen molar-refractivity contribution in [1.82, 2.24) is 10.0 Å². The van der Waals surface area contributed by atoms with E-state index < -0.39 is 27.9 Å². The van der Waals surface area contributed by atoms with Crippen LogP contribution in [0.1, 0.15) is 40.9 Å². The van der Waals surface area contributed by atoms with Gasteiger partial charge in [-0.1, -0.05) is 48.8 Å². The number of rotatable bonds is 6. The molecular weight excluding hydrogens is 464 g/mol. The van der Waals surface area contributed by atoms with Crippen LogP contribution in [-0.2, 0) is 26.7 Å². The van der Waals surface area contributed by atoms with E-state index in [-0.39, 0.29) is 11.8 Å². The zero-order valence-electron chi connectivity index (χ0n) is 16.1. The number of hydrogen-bond donors (Lipinski definition) is 2. The van der Waals surface area contributed by atoms with Gasteiger partial charge in [-0.2, -0.15) is 0 Å². The highest BCUT2D eigenvalue weighted by Crippen LogP contribution is 2.29. The van der Waals surface area contributed by atoms with Crippen LogP contribution in [0.5, 0.6) is 0 Å². The van der Waals surface area contributed by atoms with Gasteiger partial charge in [0.2, 0.25) is 10.0 Å². The number of thiophene rings is 1. The summed E-state index contributed by atoms with van der Waals surface area (Å²) in [6.07, 6.45) is 1.07. The van der Waals surface area contributed by atoms with Crippen LogP contribution in [0.3, 0.4) is 0 Å². The molecule has 1 atom stereocenters. The van der Waals surface area contributed by atoms with Gasteiger partial charge in [-0.05, 0) is 35.2 Å². The van der Waals surface area contributed by atoms with E-state index in [0.29, 0.717) is 4.88 Å². The summed E-state index contributed by atoms with van der Waals surface area (Å²) in [5, 5.41) is 2.67. The highest BCUT2D eigenvalue weighted by atomic mass is 79.9. The van der Waals surface area contributed by atoms with Gasteiger partial charge in [0.25, 0.3) is 11.8 Å². The van der Waals surface area contributed by atoms with E-state index in [2.05, 4.69) is 42.0 Å². The van der Waals surface area contributed by atoms with Gasteiger partial charge in [0, 0.05) is 15.8 Å². The monoisotopic (exact) mass is 486 g/mol. The average Bonchev–Trinajstić information content (AvgIpc) is 3.05. The lowest BCUT2D eigenvalue weighted by atomic mass is 9.95. The lowest BCUT2D eigenvalue weighted by Gasteiger charge is -2.18. The van der Waals surface area contributed by atoms with Crippen LogP contribution in [0.2, 0.25) is 0 Å². The Kier molecular flexibility index (Phi) is 7.06. The second-order valence-electron chi connectivity index (χ2n) is 7.51. The van der Waals surface area contributed by atoms with Crippen molar-refractivity contribution in [3.8, 4) is 0 Å². The molecule has 0 spiro atoms. The van der Waals surface area contributed by atoms with Crippen LogP contribution >= 0.6 is 27.3 Å². The summed E-state index contributed by atoms with van der Waals surface area (Å²) in [5.74, 6) is -1.18. The van der Waals surface area contributed by atoms with Gasteiger partial charge in [-0.15, -0.1) is 11.3 Å². The molecule has 1 aromatic heterocycles. The molecule has 9 heteroatoms. The zero-order valence-corrected chi connectivity index (χ0v) is 19.3. The Morgan fingerprint density at radius 1 is 1.11 bits per heavy atom. The van der Waals surface area contributed by atoms with Crippen LogP contribution in [0, 0.1) is 0 Å². The molecule has 6 nitrogen and oxygen atoms in total. The maximum atomic E-state index is 12.7. The number of carbonyl (C=O) groups excluding carboxylic acids is 2. The van der Waals surface area contributed by atoms with Gasteiger partial charge in [-0.3, -0.25) is 14.3 Å². The highest BCUT2D eigenvalue weighted by molar-refractivity contribution is 9.10. The summed E-state index contributed by atoms with van der Waals surface area (Å²) in [4.78, 5) is 26.6. The van der Waals surface area contributed by atoms with Gasteiger partial charge in [-0.25, -0.2) is 8.42 Å². The molecule has 0 radical (unpaired) electrons. The van der Waals surface area contributed by atoms with E-state index in [4.69, 9.17) is 0 Å². The van der Waals surface area contributed by atoms with Gasteiger partial charge < -0.3 is 5.32 Å². The Bertz CT molecular complexity index is 961. The van der Waals surface area contributed by atoms with Crippen molar-refractivity contribution >= 4 is 49.1 Å². The maximum Gasteiger partial charge on any atom is 0.262 e. The Morgan fingerprint density at radius 2 is 1.71 bits per heavy atom. The summed E-state index contributed by atoms with van der Waals surface area (Å²) in [6, 6.07) is 9.82. The van der Waals surface area contributed by atoms with Crippen molar-refractivity contribution < 1.29 is 18.0 Å². The van der Waals surface area contributed by atoms with E-state index in [1.54, 1.807) is 18.2 Å². The number of hydrogen-bond acceptors (Lipinski definition) is 5. The van der Waals surface area contributed by atoms with Crippen LogP contribution in [0.25, 0.3) is 0 Å². The minimum absolute atomic E-state index is 0.0896. The molecule has 2 N–H and O–H groups in total. The molecule has 0 aliphatic carbocycles. The summed E-state index contributed by atoms with van der Waals surface area (Å²) < 4.78 is 25.8. The first-order chi connectivity index (χ1) is 12.8. The van der Waals surface area contributed by atoms with Crippen molar-refractivity contribution in [3.63, 3.8) is 0 Å². The molecule has 0 fully saturated rings. The molecule has 0 aliphatic heterocycles. The van der Waals surface area contributed by atoms with E-state index in [1.807, 2.05) is 22.9 Å². The highest BCUT2D eigenvalue weighted by Gasteiger charge is 2.26. The lowest BCUT2D eigenvalue weighted by Crippen LogP contribution is -2.49. The minimum Gasteiger partial charge on any atom is -0.339 e. The van der Waals surface area contributed by atoms with Gasteiger partial charge >= 0.3 is 0 Å². The van der Waals surface area contributed by atoms with Crippen molar-refractivity contribution in [2.24, 2.45) is 0 Å². The summed E-state index contributed by atoms with van der Waals surface area (Å²) in [5.41, 5.74) is 0.701. The maximum absolute atomic E-state index is 12.7. The quantitative estimate of drug-likeness (QED) is 0.655. The number of nitrogens with one attached hydrogen (secondary N) is 2. The van der Waals surface area contributed by atoms with E-state index >= 15 is 0 Å². The van der Waals surface area contributed by atoms with Crippen LogP contribution in [-0.4, -0.2) is 32.5 Å². The van der Waals surface area contributed by atoms with Gasteiger partial charge in [0.15, 0.2) is 0 Å². The molecule has 0 bridgehead atoms. The second kappa shape index (κ2) is 8.75. The summed E-state index contributed by atoms with van der Waals surface area (Å²) in [6.45, 7) is 6.16. The molecule has 0 aliphatic rings. The molecule has 2 aromatic rings. The third-order valence-corrected chi connectivity index (χ3v) is 6.44. The fraction of sp³-hybridized carbons (Fsp3) is 0.368. The average molecular weight is 487 g/mol. The molecule has 1 aromatic carbocycles. The minimum atomic E-state index is -3.74. The number of benzene rings is 1. The normalized spacial score (nSPS) is 13.0. The van der Waals surface area contributed by atoms with E-state index in [1.165, 1.54) is 11.3 Å². The Balaban J connectivity index is 2.22. The fourth-order valence-electron chi connectivity index (χ4n) is 2.41. The standard InChI is InChI=1S/C19H23BrN2O4S2/c1-19(2,3)16-10-9-15(27-16)18(24)21-14(17(23)22-28(4,25)26)11-12-5-7-13(20)8-6-12/h5-10,14H,11H2,1-4H3,(H,21,24)(H,22,23)/t14-/m0/s1. The van der Waals surface area contributed by atoms with Crippen molar-refractivity contribution in [1.29, 1.82) is 0 Å². The predicted octanol–water partition coefficient (Wildman–Crippen LogP) is 3.23.